The summed E-state index contributed by atoms with van der Waals surface area (Å²) >= 11 is 12.9. The molecule has 0 radical (unpaired) electrons. The van der Waals surface area contributed by atoms with Crippen LogP contribution in [0.4, 0.5) is 0 Å². The lowest BCUT2D eigenvalue weighted by Crippen LogP contribution is -2.35. The monoisotopic (exact) mass is 336 g/mol. The Hall–Kier alpha value is -1.23. The minimum absolute atomic E-state index is 0.690. The average molecular weight is 337 g/mol. The highest BCUT2D eigenvalue weighted by Gasteiger charge is 1.97. The smallest absolute Gasteiger partial charge is 0.166 e. The molecule has 0 saturated carbocycles. The molecule has 0 bridgehead atoms. The van der Waals surface area contributed by atoms with Crippen molar-refractivity contribution in [2.45, 2.75) is 11.4 Å². The van der Waals surface area contributed by atoms with Crippen molar-refractivity contribution in [3.63, 3.8) is 0 Å². The van der Waals surface area contributed by atoms with Gasteiger partial charge in [0.05, 0.1) is 0 Å². The minimum atomic E-state index is 0.690. The maximum absolute atomic E-state index is 5.85. The molecule has 0 aliphatic carbocycles. The first-order valence-electron chi connectivity index (χ1n) is 6.68. The molecule has 0 amide bonds. The molecule has 2 aromatic rings. The lowest BCUT2D eigenvalue weighted by molar-refractivity contribution is 0.858. The highest BCUT2D eigenvalue weighted by Crippen LogP contribution is 2.19. The third-order valence-electron chi connectivity index (χ3n) is 2.77. The van der Waals surface area contributed by atoms with E-state index >= 15 is 0 Å². The van der Waals surface area contributed by atoms with Gasteiger partial charge in [-0.3, -0.25) is 0 Å². The Morgan fingerprint density at radius 3 is 2.43 bits per heavy atom. The molecule has 0 aromatic heterocycles. The fraction of sp³-hybridized carbons (Fsp3) is 0.188. The van der Waals surface area contributed by atoms with Crippen LogP contribution >= 0.6 is 35.6 Å². The SMILES string of the molecule is S=C(NCCSc1ccc(Cl)cc1)NCc1ccccc1. The predicted molar refractivity (Wildman–Crippen MR) is 96.1 cm³/mol. The maximum atomic E-state index is 5.85. The van der Waals surface area contributed by atoms with Crippen molar-refractivity contribution in [1.82, 2.24) is 10.6 Å². The van der Waals surface area contributed by atoms with Gasteiger partial charge in [0.1, 0.15) is 0 Å². The van der Waals surface area contributed by atoms with Gasteiger partial charge in [-0.2, -0.15) is 0 Å². The first kappa shape index (κ1) is 16.1. The summed E-state index contributed by atoms with van der Waals surface area (Å²) in [5, 5.41) is 7.86. The fourth-order valence-electron chi connectivity index (χ4n) is 1.70. The first-order valence-corrected chi connectivity index (χ1v) is 8.45. The lowest BCUT2D eigenvalue weighted by Gasteiger charge is -2.10. The Kier molecular flexibility index (Phi) is 6.86. The van der Waals surface area contributed by atoms with Gasteiger partial charge in [0.2, 0.25) is 0 Å². The van der Waals surface area contributed by atoms with Gasteiger partial charge in [0.25, 0.3) is 0 Å². The molecule has 0 fully saturated rings. The number of thioether (sulfide) groups is 1. The van der Waals surface area contributed by atoms with E-state index in [4.69, 9.17) is 23.8 Å². The molecule has 2 aromatic carbocycles. The van der Waals surface area contributed by atoms with Crippen molar-refractivity contribution in [2.24, 2.45) is 0 Å². The van der Waals surface area contributed by atoms with Gasteiger partial charge in [0.15, 0.2) is 5.11 Å². The molecule has 0 heterocycles. The van der Waals surface area contributed by atoms with E-state index in [9.17, 15) is 0 Å². The largest absolute Gasteiger partial charge is 0.362 e. The summed E-state index contributed by atoms with van der Waals surface area (Å²) in [5.41, 5.74) is 1.22. The van der Waals surface area contributed by atoms with Crippen LogP contribution in [0.3, 0.4) is 0 Å². The van der Waals surface area contributed by atoms with Crippen molar-refractivity contribution in [3.8, 4) is 0 Å². The van der Waals surface area contributed by atoms with E-state index in [-0.39, 0.29) is 0 Å². The summed E-state index contributed by atoms with van der Waals surface area (Å²) < 4.78 is 0. The molecule has 2 nitrogen and oxygen atoms in total. The summed E-state index contributed by atoms with van der Waals surface area (Å²) in [4.78, 5) is 1.21. The van der Waals surface area contributed by atoms with Gasteiger partial charge >= 0.3 is 0 Å². The molecule has 0 atom stereocenters. The first-order chi connectivity index (χ1) is 10.2. The number of benzene rings is 2. The molecule has 2 rings (SSSR count). The summed E-state index contributed by atoms with van der Waals surface area (Å²) in [7, 11) is 0. The second-order valence-electron chi connectivity index (χ2n) is 4.40. The summed E-state index contributed by atoms with van der Waals surface area (Å²) in [5.74, 6) is 0.953. The lowest BCUT2D eigenvalue weighted by atomic mass is 10.2. The average Bonchev–Trinajstić information content (AvgIpc) is 2.52. The van der Waals surface area contributed by atoms with Gasteiger partial charge in [0, 0.05) is 28.8 Å². The van der Waals surface area contributed by atoms with Crippen molar-refractivity contribution in [2.75, 3.05) is 12.3 Å². The third-order valence-corrected chi connectivity index (χ3v) is 4.32. The molecule has 0 aliphatic rings. The second-order valence-corrected chi connectivity index (χ2v) is 6.41. The Morgan fingerprint density at radius 2 is 1.71 bits per heavy atom. The molecule has 0 aliphatic heterocycles. The van der Waals surface area contributed by atoms with E-state index in [1.165, 1.54) is 10.5 Å². The van der Waals surface area contributed by atoms with E-state index in [2.05, 4.69) is 22.8 Å². The van der Waals surface area contributed by atoms with Crippen molar-refractivity contribution < 1.29 is 0 Å². The number of nitrogens with one attached hydrogen (secondary N) is 2. The van der Waals surface area contributed by atoms with Crippen LogP contribution in [0.25, 0.3) is 0 Å². The number of hydrogen-bond donors (Lipinski definition) is 2. The van der Waals surface area contributed by atoms with Crippen LogP contribution < -0.4 is 10.6 Å². The van der Waals surface area contributed by atoms with Crippen LogP contribution in [0.15, 0.2) is 59.5 Å². The quantitative estimate of drug-likeness (QED) is 0.471. The summed E-state index contributed by atoms with van der Waals surface area (Å²) in [6, 6.07) is 18.1. The molecule has 21 heavy (non-hydrogen) atoms. The van der Waals surface area contributed by atoms with Gasteiger partial charge < -0.3 is 10.6 Å². The van der Waals surface area contributed by atoms with Crippen molar-refractivity contribution in [1.29, 1.82) is 0 Å². The zero-order chi connectivity index (χ0) is 14.9. The molecule has 2 N–H and O–H groups in total. The molecule has 0 spiro atoms. The summed E-state index contributed by atoms with van der Waals surface area (Å²) in [6.07, 6.45) is 0. The number of hydrogen-bond acceptors (Lipinski definition) is 2. The molecular weight excluding hydrogens is 320 g/mol. The molecule has 5 heteroatoms. The zero-order valence-electron chi connectivity index (χ0n) is 11.5. The third kappa shape index (κ3) is 6.38. The highest BCUT2D eigenvalue weighted by molar-refractivity contribution is 7.99. The fourth-order valence-corrected chi connectivity index (χ4v) is 2.77. The van der Waals surface area contributed by atoms with Gasteiger partial charge in [-0.05, 0) is 42.0 Å². The number of halogens is 1. The molecule has 110 valence electrons. The van der Waals surface area contributed by atoms with Crippen molar-refractivity contribution >= 4 is 40.7 Å². The molecule has 0 saturated heterocycles. The van der Waals surface area contributed by atoms with Crippen LogP contribution in [0.5, 0.6) is 0 Å². The van der Waals surface area contributed by atoms with E-state index in [1.807, 2.05) is 42.5 Å². The predicted octanol–water partition coefficient (Wildman–Crippen LogP) is 4.10. The Balaban J connectivity index is 1.60. The van der Waals surface area contributed by atoms with E-state index in [1.54, 1.807) is 11.8 Å². The second kappa shape index (κ2) is 8.93. The van der Waals surface area contributed by atoms with Gasteiger partial charge in [-0.15, -0.1) is 11.8 Å². The number of rotatable bonds is 6. The normalized spacial score (nSPS) is 10.1. The number of thiocarbonyl (C=S) groups is 1. The summed E-state index contributed by atoms with van der Waals surface area (Å²) in [6.45, 7) is 1.57. The van der Waals surface area contributed by atoms with Crippen LogP contribution in [0, 0.1) is 0 Å². The Morgan fingerprint density at radius 1 is 1.00 bits per heavy atom. The van der Waals surface area contributed by atoms with Crippen LogP contribution in [0.2, 0.25) is 5.02 Å². The zero-order valence-corrected chi connectivity index (χ0v) is 13.9. The Labute approximate surface area is 140 Å². The molecule has 0 unspecified atom stereocenters. The standard InChI is InChI=1S/C16H17ClN2S2/c17-14-6-8-15(9-7-14)21-11-10-18-16(20)19-12-13-4-2-1-3-5-13/h1-9H,10-12H2,(H2,18,19,20). The van der Waals surface area contributed by atoms with Gasteiger partial charge in [-0.25, -0.2) is 0 Å². The van der Waals surface area contributed by atoms with Crippen LogP contribution in [-0.2, 0) is 6.54 Å². The van der Waals surface area contributed by atoms with E-state index in [0.717, 1.165) is 23.9 Å². The van der Waals surface area contributed by atoms with Crippen molar-refractivity contribution in [3.05, 3.63) is 65.2 Å². The minimum Gasteiger partial charge on any atom is -0.362 e. The van der Waals surface area contributed by atoms with Crippen LogP contribution in [-0.4, -0.2) is 17.4 Å². The highest BCUT2D eigenvalue weighted by atomic mass is 35.5. The van der Waals surface area contributed by atoms with Gasteiger partial charge in [-0.1, -0.05) is 41.9 Å². The topological polar surface area (TPSA) is 24.1 Å². The van der Waals surface area contributed by atoms with E-state index < -0.39 is 0 Å². The van der Waals surface area contributed by atoms with Crippen LogP contribution in [0.1, 0.15) is 5.56 Å². The Bertz CT molecular complexity index is 558. The molecular formula is C16H17ClN2S2. The van der Waals surface area contributed by atoms with E-state index in [0.29, 0.717) is 5.11 Å². The maximum Gasteiger partial charge on any atom is 0.166 e.